The molecule has 3 heterocycles. The zero-order chi connectivity index (χ0) is 21.4. The molecule has 3 aromatic rings. The molecule has 0 radical (unpaired) electrons. The summed E-state index contributed by atoms with van der Waals surface area (Å²) < 4.78 is 1.85. The summed E-state index contributed by atoms with van der Waals surface area (Å²) in [4.78, 5) is 18.2. The second-order valence-electron chi connectivity index (χ2n) is 8.70. The highest BCUT2D eigenvalue weighted by atomic mass is 16.3. The van der Waals surface area contributed by atoms with Crippen molar-refractivity contribution in [1.82, 2.24) is 9.55 Å². The van der Waals surface area contributed by atoms with E-state index in [1.165, 1.54) is 34.9 Å². The van der Waals surface area contributed by atoms with E-state index in [9.17, 15) is 9.90 Å². The lowest BCUT2D eigenvalue weighted by atomic mass is 9.94. The number of unbranched alkanes of at least 4 members (excludes halogenated alkanes) is 2. The van der Waals surface area contributed by atoms with Gasteiger partial charge in [0.1, 0.15) is 0 Å². The van der Waals surface area contributed by atoms with E-state index in [1.807, 2.05) is 24.5 Å². The number of aryl methyl sites for hydroxylation is 2. The second-order valence-corrected chi connectivity index (χ2v) is 8.70. The first-order chi connectivity index (χ1) is 14.5. The van der Waals surface area contributed by atoms with Crippen LogP contribution < -0.4 is 5.56 Å². The molecule has 0 aliphatic carbocycles. The van der Waals surface area contributed by atoms with Crippen LogP contribution in [-0.4, -0.2) is 14.7 Å². The molecule has 1 aromatic carbocycles. The van der Waals surface area contributed by atoms with Gasteiger partial charge >= 0.3 is 0 Å². The van der Waals surface area contributed by atoms with Gasteiger partial charge in [0.05, 0.1) is 29.6 Å². The van der Waals surface area contributed by atoms with Crippen LogP contribution in [0.2, 0.25) is 0 Å². The Morgan fingerprint density at radius 2 is 1.93 bits per heavy atom. The third-order valence-corrected chi connectivity index (χ3v) is 6.45. The van der Waals surface area contributed by atoms with Crippen LogP contribution in [0.15, 0.2) is 29.1 Å². The number of fused-ring (bicyclic) bond motifs is 4. The van der Waals surface area contributed by atoms with Crippen molar-refractivity contribution in [3.05, 3.63) is 62.4 Å². The largest absolute Gasteiger partial charge is 0.388 e. The van der Waals surface area contributed by atoms with Crippen molar-refractivity contribution in [3.63, 3.8) is 0 Å². The summed E-state index contributed by atoms with van der Waals surface area (Å²) in [6.45, 7) is 8.80. The highest BCUT2D eigenvalue weighted by molar-refractivity contribution is 5.88. The molecule has 1 aliphatic rings. The van der Waals surface area contributed by atoms with Crippen molar-refractivity contribution in [2.45, 2.75) is 78.9 Å². The molecular formula is C26H32N2O2. The average molecular weight is 405 g/mol. The molecule has 0 bridgehead atoms. The third-order valence-electron chi connectivity index (χ3n) is 6.45. The third kappa shape index (κ3) is 3.47. The van der Waals surface area contributed by atoms with Crippen LogP contribution in [0, 0.1) is 13.8 Å². The summed E-state index contributed by atoms with van der Waals surface area (Å²) in [7, 11) is 0. The molecule has 158 valence electrons. The van der Waals surface area contributed by atoms with Crippen LogP contribution in [0.5, 0.6) is 0 Å². The van der Waals surface area contributed by atoms with E-state index in [1.54, 1.807) is 0 Å². The number of hydrogen-bond donors (Lipinski definition) is 1. The lowest BCUT2D eigenvalue weighted by Crippen LogP contribution is -2.24. The monoisotopic (exact) mass is 404 g/mol. The number of rotatable bonds is 7. The number of nitrogens with zero attached hydrogens (tertiary/aromatic N) is 2. The Balaban J connectivity index is 1.93. The first-order valence-corrected chi connectivity index (χ1v) is 11.3. The first-order valence-electron chi connectivity index (χ1n) is 11.3. The molecule has 0 fully saturated rings. The number of aromatic nitrogens is 2. The van der Waals surface area contributed by atoms with Crippen molar-refractivity contribution < 1.29 is 5.11 Å². The van der Waals surface area contributed by atoms with Crippen LogP contribution >= 0.6 is 0 Å². The van der Waals surface area contributed by atoms with Crippen molar-refractivity contribution in [2.24, 2.45) is 0 Å². The molecule has 1 aliphatic heterocycles. The van der Waals surface area contributed by atoms with E-state index in [2.05, 4.69) is 32.0 Å². The van der Waals surface area contributed by atoms with Gasteiger partial charge in [0.2, 0.25) is 0 Å². The molecule has 0 saturated heterocycles. The van der Waals surface area contributed by atoms with Gasteiger partial charge in [-0.05, 0) is 62.4 Å². The van der Waals surface area contributed by atoms with E-state index < -0.39 is 6.10 Å². The zero-order valence-corrected chi connectivity index (χ0v) is 18.6. The van der Waals surface area contributed by atoms with Gasteiger partial charge in [0, 0.05) is 16.5 Å². The molecule has 0 amide bonds. The molecule has 0 saturated carbocycles. The van der Waals surface area contributed by atoms with Crippen LogP contribution in [0.3, 0.4) is 0 Å². The maximum atomic E-state index is 13.2. The molecule has 4 rings (SSSR count). The van der Waals surface area contributed by atoms with Gasteiger partial charge in [0.25, 0.3) is 5.56 Å². The summed E-state index contributed by atoms with van der Waals surface area (Å²) in [6, 6.07) is 8.43. The first kappa shape index (κ1) is 20.8. The molecule has 1 atom stereocenters. The van der Waals surface area contributed by atoms with Gasteiger partial charge < -0.3 is 9.67 Å². The Kier molecular flexibility index (Phi) is 5.79. The smallest absolute Gasteiger partial charge is 0.254 e. The topological polar surface area (TPSA) is 55.1 Å². The lowest BCUT2D eigenvalue weighted by Gasteiger charge is -2.15. The molecule has 0 spiro atoms. The second kappa shape index (κ2) is 8.35. The fourth-order valence-electron chi connectivity index (χ4n) is 4.76. The van der Waals surface area contributed by atoms with Gasteiger partial charge in [-0.1, -0.05) is 44.7 Å². The summed E-state index contributed by atoms with van der Waals surface area (Å²) in [5.41, 5.74) is 7.91. The average Bonchev–Trinajstić information content (AvgIpc) is 3.09. The maximum absolute atomic E-state index is 13.2. The minimum absolute atomic E-state index is 0.00426. The van der Waals surface area contributed by atoms with E-state index >= 15 is 0 Å². The number of benzene rings is 1. The zero-order valence-electron chi connectivity index (χ0n) is 18.6. The number of aliphatic hydroxyl groups excluding tert-OH is 1. The summed E-state index contributed by atoms with van der Waals surface area (Å²) in [6.07, 6.45) is 5.45. The van der Waals surface area contributed by atoms with E-state index in [0.717, 1.165) is 41.7 Å². The summed E-state index contributed by atoms with van der Waals surface area (Å²) >= 11 is 0. The van der Waals surface area contributed by atoms with Crippen LogP contribution in [-0.2, 0) is 13.0 Å². The SMILES string of the molecule is CCCCCc1c2c(nc3ccc(C)cc13)-c1cc(C(O)CCC)c(C)c(=O)n1C2. The number of pyridine rings is 2. The van der Waals surface area contributed by atoms with E-state index in [-0.39, 0.29) is 5.56 Å². The summed E-state index contributed by atoms with van der Waals surface area (Å²) in [5, 5.41) is 11.9. The van der Waals surface area contributed by atoms with E-state index in [0.29, 0.717) is 18.5 Å². The quantitative estimate of drug-likeness (QED) is 0.407. The molecule has 4 heteroatoms. The molecular weight excluding hydrogens is 372 g/mol. The fourth-order valence-corrected chi connectivity index (χ4v) is 4.76. The fraction of sp³-hybridized carbons (Fsp3) is 0.462. The Hall–Kier alpha value is -2.46. The van der Waals surface area contributed by atoms with Crippen LogP contribution in [0.4, 0.5) is 0 Å². The van der Waals surface area contributed by atoms with E-state index in [4.69, 9.17) is 4.98 Å². The minimum atomic E-state index is -0.607. The lowest BCUT2D eigenvalue weighted by molar-refractivity contribution is 0.165. The number of aliphatic hydroxyl groups is 1. The molecule has 1 unspecified atom stereocenters. The molecule has 1 N–H and O–H groups in total. The molecule has 2 aromatic heterocycles. The van der Waals surface area contributed by atoms with Crippen molar-refractivity contribution >= 4 is 10.9 Å². The normalized spacial score (nSPS) is 13.5. The predicted molar refractivity (Wildman–Crippen MR) is 123 cm³/mol. The van der Waals surface area contributed by atoms with Crippen molar-refractivity contribution in [1.29, 1.82) is 0 Å². The Morgan fingerprint density at radius 1 is 1.13 bits per heavy atom. The maximum Gasteiger partial charge on any atom is 0.254 e. The van der Waals surface area contributed by atoms with Gasteiger partial charge in [-0.3, -0.25) is 4.79 Å². The van der Waals surface area contributed by atoms with Crippen molar-refractivity contribution in [2.75, 3.05) is 0 Å². The van der Waals surface area contributed by atoms with Gasteiger partial charge in [-0.25, -0.2) is 4.98 Å². The Morgan fingerprint density at radius 3 is 2.67 bits per heavy atom. The summed E-state index contributed by atoms with van der Waals surface area (Å²) in [5.74, 6) is 0. The van der Waals surface area contributed by atoms with Crippen LogP contribution in [0.1, 0.15) is 79.9 Å². The Bertz CT molecular complexity index is 1160. The number of hydrogen-bond acceptors (Lipinski definition) is 3. The van der Waals surface area contributed by atoms with Gasteiger partial charge in [-0.15, -0.1) is 0 Å². The molecule has 4 nitrogen and oxygen atoms in total. The minimum Gasteiger partial charge on any atom is -0.388 e. The standard InChI is InChI=1S/C26H32N2O2/c1-5-7-8-10-18-20-13-16(3)11-12-22(20)27-25-21(18)15-28-23(25)14-19(17(4)26(28)30)24(29)9-6-2/h11-14,24,29H,5-10,15H2,1-4H3. The van der Waals surface area contributed by atoms with Crippen molar-refractivity contribution in [3.8, 4) is 11.4 Å². The van der Waals surface area contributed by atoms with Crippen LogP contribution in [0.25, 0.3) is 22.3 Å². The highest BCUT2D eigenvalue weighted by Gasteiger charge is 2.28. The highest BCUT2D eigenvalue weighted by Crippen LogP contribution is 2.38. The predicted octanol–water partition coefficient (Wildman–Crippen LogP) is 5.61. The Labute approximate surface area is 178 Å². The molecule has 30 heavy (non-hydrogen) atoms. The van der Waals surface area contributed by atoms with Gasteiger partial charge in [0.15, 0.2) is 0 Å². The van der Waals surface area contributed by atoms with Gasteiger partial charge in [-0.2, -0.15) is 0 Å².